The summed E-state index contributed by atoms with van der Waals surface area (Å²) in [4.78, 5) is 22.1. The van der Waals surface area contributed by atoms with Crippen molar-refractivity contribution in [3.8, 4) is 0 Å². The van der Waals surface area contributed by atoms with Crippen LogP contribution < -0.4 is 5.32 Å². The van der Waals surface area contributed by atoms with Gasteiger partial charge in [0.1, 0.15) is 5.82 Å². The minimum atomic E-state index is 0.104. The number of aromatic nitrogens is 1. The Morgan fingerprint density at radius 3 is 2.75 bits per heavy atom. The molecule has 1 amide bonds. The van der Waals surface area contributed by atoms with E-state index in [1.54, 1.807) is 6.20 Å². The van der Waals surface area contributed by atoms with E-state index >= 15 is 0 Å². The molecule has 1 N–H and O–H groups in total. The summed E-state index contributed by atoms with van der Waals surface area (Å²) in [6, 6.07) is 4.47. The number of pyridine rings is 1. The zero-order valence-corrected chi connectivity index (χ0v) is 15.7. The summed E-state index contributed by atoms with van der Waals surface area (Å²) in [7, 11) is 0. The number of nitrogens with zero attached hydrogens (tertiary/aromatic N) is 3. The van der Waals surface area contributed by atoms with Crippen LogP contribution in [0.3, 0.4) is 0 Å². The van der Waals surface area contributed by atoms with Crippen LogP contribution in [0.5, 0.6) is 0 Å². The molecule has 5 nitrogen and oxygen atoms in total. The smallest absolute Gasteiger partial charge is 0.257 e. The van der Waals surface area contributed by atoms with Crippen molar-refractivity contribution in [2.75, 3.05) is 37.8 Å². The zero-order chi connectivity index (χ0) is 17.1. The third-order valence-corrected chi connectivity index (χ3v) is 5.97. The average Bonchev–Trinajstić information content (AvgIpc) is 3.23. The summed E-state index contributed by atoms with van der Waals surface area (Å²) in [5.74, 6) is 0.801. The molecule has 24 heavy (non-hydrogen) atoms. The first-order valence-electron chi connectivity index (χ1n) is 8.88. The second kappa shape index (κ2) is 7.74. The molecule has 2 saturated heterocycles. The van der Waals surface area contributed by atoms with Crippen LogP contribution in [0.25, 0.3) is 0 Å². The molecule has 3 heterocycles. The fourth-order valence-electron chi connectivity index (χ4n) is 3.71. The van der Waals surface area contributed by atoms with Crippen LogP contribution in [0.2, 0.25) is 0 Å². The molecule has 0 aromatic carbocycles. The SMILES string of the molecule is CS[C@H]1CN(C(=O)c2cccnc2NC(C)C)C[C@H]1N1CCCC1. The van der Waals surface area contributed by atoms with E-state index in [9.17, 15) is 4.79 Å². The van der Waals surface area contributed by atoms with Gasteiger partial charge in [-0.25, -0.2) is 4.98 Å². The minimum absolute atomic E-state index is 0.104. The molecule has 0 saturated carbocycles. The first-order valence-corrected chi connectivity index (χ1v) is 10.2. The first kappa shape index (κ1) is 17.5. The van der Waals surface area contributed by atoms with Crippen LogP contribution in [-0.4, -0.2) is 70.5 Å². The molecule has 1 aromatic rings. The number of hydrogen-bond acceptors (Lipinski definition) is 5. The van der Waals surface area contributed by atoms with Crippen LogP contribution in [0.15, 0.2) is 18.3 Å². The van der Waals surface area contributed by atoms with Crippen molar-refractivity contribution in [2.24, 2.45) is 0 Å². The van der Waals surface area contributed by atoms with E-state index < -0.39 is 0 Å². The highest BCUT2D eigenvalue weighted by molar-refractivity contribution is 7.99. The number of nitrogens with one attached hydrogen (secondary N) is 1. The quantitative estimate of drug-likeness (QED) is 0.886. The predicted molar refractivity (Wildman–Crippen MR) is 101 cm³/mol. The molecule has 0 spiro atoms. The maximum atomic E-state index is 13.1. The van der Waals surface area contributed by atoms with E-state index in [4.69, 9.17) is 0 Å². The second-order valence-electron chi connectivity index (χ2n) is 6.99. The van der Waals surface area contributed by atoms with E-state index in [0.717, 1.165) is 13.1 Å². The summed E-state index contributed by atoms with van der Waals surface area (Å²) in [5, 5.41) is 3.80. The molecule has 0 bridgehead atoms. The Morgan fingerprint density at radius 2 is 2.08 bits per heavy atom. The summed E-state index contributed by atoms with van der Waals surface area (Å²) >= 11 is 1.89. The third kappa shape index (κ3) is 3.70. The molecule has 132 valence electrons. The highest BCUT2D eigenvalue weighted by Crippen LogP contribution is 2.29. The van der Waals surface area contributed by atoms with Gasteiger partial charge in [-0.3, -0.25) is 9.69 Å². The van der Waals surface area contributed by atoms with E-state index in [1.807, 2.05) is 28.8 Å². The van der Waals surface area contributed by atoms with Crippen molar-refractivity contribution in [3.63, 3.8) is 0 Å². The van der Waals surface area contributed by atoms with Gasteiger partial charge in [0.2, 0.25) is 0 Å². The lowest BCUT2D eigenvalue weighted by molar-refractivity contribution is 0.0780. The van der Waals surface area contributed by atoms with Crippen molar-refractivity contribution in [2.45, 2.75) is 44.0 Å². The number of thioether (sulfide) groups is 1. The lowest BCUT2D eigenvalue weighted by Crippen LogP contribution is -2.40. The van der Waals surface area contributed by atoms with Crippen molar-refractivity contribution >= 4 is 23.5 Å². The molecule has 3 rings (SSSR count). The summed E-state index contributed by atoms with van der Waals surface area (Å²) in [6.07, 6.45) is 6.48. The van der Waals surface area contributed by atoms with Gasteiger partial charge in [-0.2, -0.15) is 11.8 Å². The second-order valence-corrected chi connectivity index (χ2v) is 8.07. The number of anilines is 1. The fraction of sp³-hybridized carbons (Fsp3) is 0.667. The van der Waals surface area contributed by atoms with Gasteiger partial charge < -0.3 is 10.2 Å². The number of hydrogen-bond donors (Lipinski definition) is 1. The van der Waals surface area contributed by atoms with Gasteiger partial charge in [0.15, 0.2) is 0 Å². The Morgan fingerprint density at radius 1 is 1.33 bits per heavy atom. The Labute approximate surface area is 149 Å². The van der Waals surface area contributed by atoms with Gasteiger partial charge in [-0.05, 0) is 58.2 Å². The van der Waals surface area contributed by atoms with Gasteiger partial charge in [-0.15, -0.1) is 0 Å². The van der Waals surface area contributed by atoms with E-state index in [-0.39, 0.29) is 11.9 Å². The van der Waals surface area contributed by atoms with E-state index in [0.29, 0.717) is 22.7 Å². The number of carbonyl (C=O) groups is 1. The summed E-state index contributed by atoms with van der Waals surface area (Å²) in [5.41, 5.74) is 0.688. The Balaban J connectivity index is 1.76. The zero-order valence-electron chi connectivity index (χ0n) is 14.9. The molecular formula is C18H28N4OS. The molecule has 2 fully saturated rings. The topological polar surface area (TPSA) is 48.5 Å². The molecular weight excluding hydrogens is 320 g/mol. The highest BCUT2D eigenvalue weighted by atomic mass is 32.2. The van der Waals surface area contributed by atoms with Gasteiger partial charge in [0, 0.05) is 36.6 Å². The molecule has 0 unspecified atom stereocenters. The van der Waals surface area contributed by atoms with E-state index in [2.05, 4.69) is 35.3 Å². The summed E-state index contributed by atoms with van der Waals surface area (Å²) < 4.78 is 0. The largest absolute Gasteiger partial charge is 0.367 e. The van der Waals surface area contributed by atoms with Crippen LogP contribution in [0, 0.1) is 0 Å². The van der Waals surface area contributed by atoms with Gasteiger partial charge in [-0.1, -0.05) is 0 Å². The van der Waals surface area contributed by atoms with Crippen LogP contribution in [-0.2, 0) is 0 Å². The van der Waals surface area contributed by atoms with Gasteiger partial charge >= 0.3 is 0 Å². The Bertz CT molecular complexity index is 574. The number of amides is 1. The molecule has 2 aliphatic heterocycles. The Hall–Kier alpha value is -1.27. The average molecular weight is 349 g/mol. The molecule has 2 atom stereocenters. The standard InChI is InChI=1S/C18H28N4OS/c1-13(2)20-17-14(7-6-8-19-17)18(23)22-11-15(16(12-22)24-3)21-9-4-5-10-21/h6-8,13,15-16H,4-5,9-12H2,1-3H3,(H,19,20)/t15-,16+/m1/s1. The normalized spacial score (nSPS) is 24.8. The van der Waals surface area contributed by atoms with Gasteiger partial charge in [0.25, 0.3) is 5.91 Å². The predicted octanol–water partition coefficient (Wildman–Crippen LogP) is 2.55. The molecule has 6 heteroatoms. The lowest BCUT2D eigenvalue weighted by atomic mass is 10.2. The maximum Gasteiger partial charge on any atom is 0.257 e. The number of likely N-dealkylation sites (tertiary alicyclic amines) is 2. The van der Waals surface area contributed by atoms with Crippen molar-refractivity contribution < 1.29 is 4.79 Å². The maximum absolute atomic E-state index is 13.1. The van der Waals surface area contributed by atoms with Crippen LogP contribution in [0.4, 0.5) is 5.82 Å². The molecule has 0 aliphatic carbocycles. The molecule has 0 radical (unpaired) electrons. The first-order chi connectivity index (χ1) is 11.6. The van der Waals surface area contributed by atoms with Crippen LogP contribution in [0.1, 0.15) is 37.0 Å². The highest BCUT2D eigenvalue weighted by Gasteiger charge is 2.39. The Kier molecular flexibility index (Phi) is 5.66. The molecule has 1 aromatic heterocycles. The minimum Gasteiger partial charge on any atom is -0.367 e. The van der Waals surface area contributed by atoms with Crippen molar-refractivity contribution in [1.29, 1.82) is 0 Å². The van der Waals surface area contributed by atoms with Crippen molar-refractivity contribution in [1.82, 2.24) is 14.8 Å². The number of carbonyl (C=O) groups excluding carboxylic acids is 1. The third-order valence-electron chi connectivity index (χ3n) is 4.90. The van der Waals surface area contributed by atoms with Crippen molar-refractivity contribution in [3.05, 3.63) is 23.9 Å². The molecule has 2 aliphatic rings. The fourth-order valence-corrected chi connectivity index (χ4v) is 4.62. The van der Waals surface area contributed by atoms with Crippen LogP contribution >= 0.6 is 11.8 Å². The lowest BCUT2D eigenvalue weighted by Gasteiger charge is -2.27. The number of rotatable bonds is 5. The monoisotopic (exact) mass is 348 g/mol. The van der Waals surface area contributed by atoms with Gasteiger partial charge in [0.05, 0.1) is 5.56 Å². The van der Waals surface area contributed by atoms with E-state index in [1.165, 1.54) is 25.9 Å². The summed E-state index contributed by atoms with van der Waals surface area (Å²) in [6.45, 7) is 8.14.